The highest BCUT2D eigenvalue weighted by atomic mass is 15.2. The van der Waals surface area contributed by atoms with Gasteiger partial charge < -0.3 is 9.80 Å². The highest BCUT2D eigenvalue weighted by Gasteiger charge is 2.21. The first-order chi connectivity index (χ1) is 8.60. The van der Waals surface area contributed by atoms with Crippen molar-refractivity contribution in [2.75, 3.05) is 32.1 Å². The van der Waals surface area contributed by atoms with E-state index in [0.717, 1.165) is 37.4 Å². The fourth-order valence-electron chi connectivity index (χ4n) is 2.47. The Morgan fingerprint density at radius 3 is 2.67 bits per heavy atom. The number of rotatable bonds is 2. The molecule has 2 rings (SSSR count). The van der Waals surface area contributed by atoms with Crippen molar-refractivity contribution in [1.82, 2.24) is 9.88 Å². The zero-order chi connectivity index (χ0) is 13.1. The minimum atomic E-state index is 0.530. The topological polar surface area (TPSA) is 43.2 Å². The molecule has 4 nitrogen and oxygen atoms in total. The number of nitrogens with zero attached hydrogens (tertiary/aromatic N) is 4. The number of hydrogen-bond acceptors (Lipinski definition) is 4. The summed E-state index contributed by atoms with van der Waals surface area (Å²) in [7, 11) is 4.24. The van der Waals surface area contributed by atoms with Crippen molar-refractivity contribution in [2.24, 2.45) is 0 Å². The smallest absolute Gasteiger partial charge is 0.130 e. The van der Waals surface area contributed by atoms with Crippen LogP contribution in [0.25, 0.3) is 0 Å². The summed E-state index contributed by atoms with van der Waals surface area (Å²) in [6.07, 6.45) is 2.31. The number of pyridine rings is 1. The molecule has 0 amide bonds. The Kier molecular flexibility index (Phi) is 3.83. The van der Waals surface area contributed by atoms with Gasteiger partial charge in [0, 0.05) is 18.8 Å². The lowest BCUT2D eigenvalue weighted by molar-refractivity contribution is 0.252. The average Bonchev–Trinajstić information content (AvgIpc) is 2.38. The fraction of sp³-hybridized carbons (Fsp3) is 0.571. The predicted octanol–water partition coefficient (Wildman–Crippen LogP) is 1.79. The van der Waals surface area contributed by atoms with E-state index < -0.39 is 0 Å². The zero-order valence-corrected chi connectivity index (χ0v) is 11.3. The summed E-state index contributed by atoms with van der Waals surface area (Å²) in [5.41, 5.74) is 1.60. The van der Waals surface area contributed by atoms with E-state index in [2.05, 4.69) is 34.9 Å². The molecule has 2 heterocycles. The first kappa shape index (κ1) is 12.8. The van der Waals surface area contributed by atoms with E-state index in [1.165, 1.54) is 0 Å². The van der Waals surface area contributed by atoms with Crippen LogP contribution in [0.15, 0.2) is 12.1 Å². The van der Waals surface area contributed by atoms with E-state index in [1.807, 2.05) is 19.1 Å². The summed E-state index contributed by atoms with van der Waals surface area (Å²) in [4.78, 5) is 9.12. The normalized spacial score (nSPS) is 17.4. The molecule has 18 heavy (non-hydrogen) atoms. The Morgan fingerprint density at radius 1 is 1.39 bits per heavy atom. The SMILES string of the molecule is Cc1cc(C#N)cc(N(C)C2CCN(C)CC2)n1. The predicted molar refractivity (Wildman–Crippen MR) is 72.6 cm³/mol. The van der Waals surface area contributed by atoms with Gasteiger partial charge in [0.1, 0.15) is 5.82 Å². The van der Waals surface area contributed by atoms with E-state index >= 15 is 0 Å². The first-order valence-corrected chi connectivity index (χ1v) is 6.40. The molecule has 1 aromatic rings. The van der Waals surface area contributed by atoms with Gasteiger partial charge in [0.25, 0.3) is 0 Å². The van der Waals surface area contributed by atoms with Crippen LogP contribution in [0, 0.1) is 18.3 Å². The molecule has 0 atom stereocenters. The minimum Gasteiger partial charge on any atom is -0.357 e. The molecule has 1 aliphatic rings. The number of likely N-dealkylation sites (tertiary alicyclic amines) is 1. The second-order valence-corrected chi connectivity index (χ2v) is 5.11. The molecule has 0 bridgehead atoms. The lowest BCUT2D eigenvalue weighted by atomic mass is 10.0. The van der Waals surface area contributed by atoms with Gasteiger partial charge in [-0.15, -0.1) is 0 Å². The fourth-order valence-corrected chi connectivity index (χ4v) is 2.47. The third-order valence-corrected chi connectivity index (χ3v) is 3.67. The summed E-state index contributed by atoms with van der Waals surface area (Å²) in [5.74, 6) is 0.918. The number of nitriles is 1. The van der Waals surface area contributed by atoms with Crippen LogP contribution in [0.2, 0.25) is 0 Å². The van der Waals surface area contributed by atoms with Crippen molar-refractivity contribution in [3.05, 3.63) is 23.4 Å². The maximum absolute atomic E-state index is 9.01. The third kappa shape index (κ3) is 2.80. The van der Waals surface area contributed by atoms with Crippen LogP contribution in [0.1, 0.15) is 24.1 Å². The number of aromatic nitrogens is 1. The van der Waals surface area contributed by atoms with Gasteiger partial charge in [-0.25, -0.2) is 4.98 Å². The summed E-state index contributed by atoms with van der Waals surface area (Å²) >= 11 is 0. The van der Waals surface area contributed by atoms with E-state index in [9.17, 15) is 0 Å². The van der Waals surface area contributed by atoms with Gasteiger partial charge in [-0.3, -0.25) is 0 Å². The minimum absolute atomic E-state index is 0.530. The van der Waals surface area contributed by atoms with Crippen LogP contribution in [0.4, 0.5) is 5.82 Å². The Bertz CT molecular complexity index is 455. The average molecular weight is 244 g/mol. The Labute approximate surface area is 109 Å². The molecule has 1 saturated heterocycles. The standard InChI is InChI=1S/C14H20N4/c1-11-8-12(10-15)9-14(16-11)18(3)13-4-6-17(2)7-5-13/h8-9,13H,4-7H2,1-3H3. The Hall–Kier alpha value is -1.60. The van der Waals surface area contributed by atoms with Crippen molar-refractivity contribution < 1.29 is 0 Å². The molecule has 0 spiro atoms. The van der Waals surface area contributed by atoms with Gasteiger partial charge in [-0.05, 0) is 52.0 Å². The van der Waals surface area contributed by atoms with Crippen molar-refractivity contribution in [1.29, 1.82) is 5.26 Å². The summed E-state index contributed by atoms with van der Waals surface area (Å²) in [6.45, 7) is 4.20. The highest BCUT2D eigenvalue weighted by Crippen LogP contribution is 2.21. The van der Waals surface area contributed by atoms with Crippen LogP contribution < -0.4 is 4.90 Å². The largest absolute Gasteiger partial charge is 0.357 e. The molecule has 1 aliphatic heterocycles. The van der Waals surface area contributed by atoms with E-state index in [4.69, 9.17) is 5.26 Å². The van der Waals surface area contributed by atoms with E-state index in [-0.39, 0.29) is 0 Å². The lowest BCUT2D eigenvalue weighted by Gasteiger charge is -2.35. The molecule has 4 heteroatoms. The van der Waals surface area contributed by atoms with Crippen molar-refractivity contribution >= 4 is 5.82 Å². The lowest BCUT2D eigenvalue weighted by Crippen LogP contribution is -2.42. The van der Waals surface area contributed by atoms with Gasteiger partial charge in [0.05, 0.1) is 11.6 Å². The van der Waals surface area contributed by atoms with Crippen LogP contribution in [-0.4, -0.2) is 43.1 Å². The highest BCUT2D eigenvalue weighted by molar-refractivity contribution is 5.46. The quantitative estimate of drug-likeness (QED) is 0.795. The van der Waals surface area contributed by atoms with Gasteiger partial charge in [0.2, 0.25) is 0 Å². The monoisotopic (exact) mass is 244 g/mol. The van der Waals surface area contributed by atoms with Crippen molar-refractivity contribution in [2.45, 2.75) is 25.8 Å². The molecule has 0 aliphatic carbocycles. The van der Waals surface area contributed by atoms with Gasteiger partial charge in [0.15, 0.2) is 0 Å². The molecule has 0 radical (unpaired) electrons. The summed E-state index contributed by atoms with van der Waals surface area (Å²) in [5, 5.41) is 9.01. The summed E-state index contributed by atoms with van der Waals surface area (Å²) < 4.78 is 0. The molecule has 1 aromatic heterocycles. The van der Waals surface area contributed by atoms with Gasteiger partial charge in [-0.2, -0.15) is 5.26 Å². The molecular weight excluding hydrogens is 224 g/mol. The second-order valence-electron chi connectivity index (χ2n) is 5.11. The van der Waals surface area contributed by atoms with Gasteiger partial charge >= 0.3 is 0 Å². The summed E-state index contributed by atoms with van der Waals surface area (Å²) in [6, 6.07) is 6.43. The number of anilines is 1. The Balaban J connectivity index is 2.16. The molecule has 0 unspecified atom stereocenters. The second kappa shape index (κ2) is 5.36. The van der Waals surface area contributed by atoms with Crippen LogP contribution in [0.5, 0.6) is 0 Å². The van der Waals surface area contributed by atoms with Crippen LogP contribution in [0.3, 0.4) is 0 Å². The van der Waals surface area contributed by atoms with Crippen molar-refractivity contribution in [3.63, 3.8) is 0 Å². The van der Waals surface area contributed by atoms with Crippen LogP contribution >= 0.6 is 0 Å². The zero-order valence-electron chi connectivity index (χ0n) is 11.3. The van der Waals surface area contributed by atoms with Crippen LogP contribution in [-0.2, 0) is 0 Å². The number of piperidine rings is 1. The first-order valence-electron chi connectivity index (χ1n) is 6.40. The maximum atomic E-state index is 9.01. The number of aryl methyl sites for hydroxylation is 1. The van der Waals surface area contributed by atoms with Crippen molar-refractivity contribution in [3.8, 4) is 6.07 Å². The Morgan fingerprint density at radius 2 is 2.06 bits per heavy atom. The molecule has 96 valence electrons. The number of hydrogen-bond donors (Lipinski definition) is 0. The molecule has 1 fully saturated rings. The third-order valence-electron chi connectivity index (χ3n) is 3.67. The molecular formula is C14H20N4. The molecule has 0 N–H and O–H groups in total. The molecule has 0 aromatic carbocycles. The van der Waals surface area contributed by atoms with Gasteiger partial charge in [-0.1, -0.05) is 0 Å². The maximum Gasteiger partial charge on any atom is 0.130 e. The van der Waals surface area contributed by atoms with E-state index in [0.29, 0.717) is 11.6 Å². The van der Waals surface area contributed by atoms with E-state index in [1.54, 1.807) is 0 Å². The molecule has 0 saturated carbocycles.